The molecular formula is C20H17N5O4. The maximum atomic E-state index is 12.4. The Hall–Kier alpha value is -4.14. The number of benzene rings is 2. The summed E-state index contributed by atoms with van der Waals surface area (Å²) >= 11 is 0. The highest BCUT2D eigenvalue weighted by Crippen LogP contribution is 2.18. The molecule has 3 rings (SSSR count). The van der Waals surface area contributed by atoms with Crippen LogP contribution in [0.2, 0.25) is 0 Å². The Balaban J connectivity index is 1.79. The number of carbonyl (C=O) groups excluding carboxylic acids is 2. The number of Topliss-reactive ketones (excluding diaryl/α,β-unsaturated/α-hetero) is 1. The summed E-state index contributed by atoms with van der Waals surface area (Å²) in [4.78, 5) is 43.7. The molecule has 0 bridgehead atoms. The zero-order valence-electron chi connectivity index (χ0n) is 15.6. The minimum absolute atomic E-state index is 0.124. The van der Waals surface area contributed by atoms with Crippen molar-refractivity contribution in [1.29, 1.82) is 5.41 Å². The van der Waals surface area contributed by atoms with E-state index in [4.69, 9.17) is 10.5 Å². The van der Waals surface area contributed by atoms with Crippen LogP contribution in [0.3, 0.4) is 0 Å². The van der Waals surface area contributed by atoms with Crippen LogP contribution in [0, 0.1) is 19.3 Å². The molecule has 2 aromatic carbocycles. The highest BCUT2D eigenvalue weighted by molar-refractivity contribution is 6.41. The molecule has 0 aliphatic rings. The first kappa shape index (κ1) is 19.6. The maximum Gasteiger partial charge on any atom is 0.377 e. The fourth-order valence-electron chi connectivity index (χ4n) is 2.77. The lowest BCUT2D eigenvalue weighted by molar-refractivity contribution is -0.131. The third-order valence-corrected chi connectivity index (χ3v) is 4.13. The number of nitrogens with one attached hydrogen (secondary N) is 3. The van der Waals surface area contributed by atoms with Crippen LogP contribution in [0.4, 0.5) is 5.95 Å². The number of carboxylic acid groups (broad SMARTS) is 1. The summed E-state index contributed by atoms with van der Waals surface area (Å²) in [6.07, 6.45) is 0. The lowest BCUT2D eigenvalue weighted by atomic mass is 10.0. The third-order valence-electron chi connectivity index (χ3n) is 4.13. The monoisotopic (exact) mass is 391 g/mol. The van der Waals surface area contributed by atoms with Gasteiger partial charge in [0, 0.05) is 10.9 Å². The molecule has 0 spiro atoms. The van der Waals surface area contributed by atoms with Gasteiger partial charge in [0.25, 0.3) is 11.7 Å². The quantitative estimate of drug-likeness (QED) is 0.231. The Bertz CT molecular complexity index is 1170. The number of amides is 1. The fourth-order valence-corrected chi connectivity index (χ4v) is 2.77. The highest BCUT2D eigenvalue weighted by atomic mass is 16.4. The summed E-state index contributed by atoms with van der Waals surface area (Å²) < 4.78 is 0. The van der Waals surface area contributed by atoms with Crippen LogP contribution in [0.25, 0.3) is 10.9 Å². The second-order valence-electron chi connectivity index (χ2n) is 6.29. The van der Waals surface area contributed by atoms with Gasteiger partial charge >= 0.3 is 5.97 Å². The third kappa shape index (κ3) is 4.24. The van der Waals surface area contributed by atoms with E-state index < -0.39 is 23.6 Å². The number of fused-ring (bicyclic) bond motifs is 1. The van der Waals surface area contributed by atoms with Crippen LogP contribution >= 0.6 is 0 Å². The number of hydrogen-bond acceptors (Lipinski definition) is 6. The number of anilines is 1. The van der Waals surface area contributed by atoms with Crippen molar-refractivity contribution in [3.8, 4) is 0 Å². The standard InChI is InChI=1S/C20H17N5O4/c1-10-7-8-15-14(9-10)11(2)22-20(23-15)25-19(21)24-17(27)13-6-4-3-5-12(13)16(26)18(28)29/h3-9H,1-2H3,(H,28,29)(H3,21,22,23,24,25,27). The van der Waals surface area contributed by atoms with Gasteiger partial charge in [0.2, 0.25) is 11.9 Å². The molecular weight excluding hydrogens is 374 g/mol. The van der Waals surface area contributed by atoms with E-state index in [2.05, 4.69) is 20.6 Å². The van der Waals surface area contributed by atoms with Gasteiger partial charge in [0.1, 0.15) is 0 Å². The average molecular weight is 391 g/mol. The molecule has 9 heteroatoms. The van der Waals surface area contributed by atoms with Gasteiger partial charge in [0.15, 0.2) is 0 Å². The van der Waals surface area contributed by atoms with Crippen molar-refractivity contribution >= 4 is 40.5 Å². The van der Waals surface area contributed by atoms with Crippen LogP contribution < -0.4 is 10.6 Å². The first-order valence-electron chi connectivity index (χ1n) is 8.55. The summed E-state index contributed by atoms with van der Waals surface area (Å²) in [6, 6.07) is 11.2. The van der Waals surface area contributed by atoms with E-state index in [1.165, 1.54) is 24.3 Å². The van der Waals surface area contributed by atoms with Crippen molar-refractivity contribution in [2.45, 2.75) is 13.8 Å². The minimum Gasteiger partial charge on any atom is -0.475 e. The van der Waals surface area contributed by atoms with Gasteiger partial charge < -0.3 is 5.11 Å². The number of ketones is 1. The van der Waals surface area contributed by atoms with Gasteiger partial charge in [-0.1, -0.05) is 23.8 Å². The van der Waals surface area contributed by atoms with Crippen molar-refractivity contribution in [3.63, 3.8) is 0 Å². The second kappa shape index (κ2) is 7.85. The largest absolute Gasteiger partial charge is 0.475 e. The Kier molecular flexibility index (Phi) is 5.31. The first-order valence-corrected chi connectivity index (χ1v) is 8.55. The zero-order valence-corrected chi connectivity index (χ0v) is 15.6. The maximum absolute atomic E-state index is 12.4. The number of carbonyl (C=O) groups is 3. The molecule has 1 aromatic heterocycles. The number of rotatable bonds is 4. The molecule has 9 nitrogen and oxygen atoms in total. The van der Waals surface area contributed by atoms with Crippen molar-refractivity contribution in [2.24, 2.45) is 0 Å². The normalized spacial score (nSPS) is 10.4. The molecule has 0 radical (unpaired) electrons. The molecule has 0 aliphatic heterocycles. The highest BCUT2D eigenvalue weighted by Gasteiger charge is 2.22. The second-order valence-corrected chi connectivity index (χ2v) is 6.29. The molecule has 0 fully saturated rings. The number of aliphatic carboxylic acids is 1. The molecule has 146 valence electrons. The molecule has 0 saturated heterocycles. The van der Waals surface area contributed by atoms with E-state index in [0.29, 0.717) is 11.2 Å². The summed E-state index contributed by atoms with van der Waals surface area (Å²) in [5, 5.41) is 22.6. The summed E-state index contributed by atoms with van der Waals surface area (Å²) in [5.74, 6) is -3.98. The van der Waals surface area contributed by atoms with E-state index >= 15 is 0 Å². The topological polar surface area (TPSA) is 145 Å². The number of nitrogens with zero attached hydrogens (tertiary/aromatic N) is 2. The molecule has 0 unspecified atom stereocenters. The Morgan fingerprint density at radius 1 is 1.00 bits per heavy atom. The van der Waals surface area contributed by atoms with Gasteiger partial charge in [-0.25, -0.2) is 14.8 Å². The van der Waals surface area contributed by atoms with E-state index in [1.54, 1.807) is 0 Å². The fraction of sp³-hybridized carbons (Fsp3) is 0.100. The minimum atomic E-state index is -1.67. The molecule has 0 atom stereocenters. The van der Waals surface area contributed by atoms with Gasteiger partial charge in [-0.3, -0.25) is 25.6 Å². The average Bonchev–Trinajstić information content (AvgIpc) is 2.67. The predicted molar refractivity (Wildman–Crippen MR) is 106 cm³/mol. The van der Waals surface area contributed by atoms with Gasteiger partial charge in [-0.2, -0.15) is 0 Å². The molecule has 29 heavy (non-hydrogen) atoms. The van der Waals surface area contributed by atoms with Crippen LogP contribution in [0.5, 0.6) is 0 Å². The van der Waals surface area contributed by atoms with Crippen LogP contribution in [0.1, 0.15) is 32.0 Å². The predicted octanol–water partition coefficient (Wildman–Crippen LogP) is 2.29. The van der Waals surface area contributed by atoms with Crippen LogP contribution in [-0.4, -0.2) is 38.7 Å². The van der Waals surface area contributed by atoms with E-state index in [1.807, 2.05) is 32.0 Å². The molecule has 0 aliphatic carbocycles. The molecule has 4 N–H and O–H groups in total. The van der Waals surface area contributed by atoms with Crippen molar-refractivity contribution in [1.82, 2.24) is 15.3 Å². The van der Waals surface area contributed by atoms with Crippen molar-refractivity contribution in [3.05, 3.63) is 64.8 Å². The molecule has 0 saturated carbocycles. The zero-order chi connectivity index (χ0) is 21.1. The number of aromatic nitrogens is 2. The Morgan fingerprint density at radius 2 is 1.69 bits per heavy atom. The SMILES string of the molecule is Cc1ccc2nc(NC(=N)NC(=O)c3ccccc3C(=O)C(=O)O)nc(C)c2c1. The smallest absolute Gasteiger partial charge is 0.377 e. The number of carboxylic acids is 1. The van der Waals surface area contributed by atoms with E-state index in [-0.39, 0.29) is 17.1 Å². The number of aryl methyl sites for hydroxylation is 2. The summed E-state index contributed by atoms with van der Waals surface area (Å²) in [7, 11) is 0. The number of guanidine groups is 1. The van der Waals surface area contributed by atoms with Gasteiger partial charge in [-0.05, 0) is 38.1 Å². The van der Waals surface area contributed by atoms with Crippen molar-refractivity contribution < 1.29 is 19.5 Å². The lowest BCUT2D eigenvalue weighted by Gasteiger charge is -2.11. The summed E-state index contributed by atoms with van der Waals surface area (Å²) in [5.41, 5.74) is 2.04. The molecule has 1 heterocycles. The van der Waals surface area contributed by atoms with Crippen molar-refractivity contribution in [2.75, 3.05) is 5.32 Å². The Morgan fingerprint density at radius 3 is 2.38 bits per heavy atom. The first-order chi connectivity index (χ1) is 13.8. The van der Waals surface area contributed by atoms with Crippen LogP contribution in [0.15, 0.2) is 42.5 Å². The summed E-state index contributed by atoms with van der Waals surface area (Å²) in [6.45, 7) is 3.77. The van der Waals surface area contributed by atoms with E-state index in [9.17, 15) is 14.4 Å². The molecule has 3 aromatic rings. The Labute approximate surface area is 165 Å². The number of hydrogen-bond donors (Lipinski definition) is 4. The van der Waals surface area contributed by atoms with Gasteiger partial charge in [0.05, 0.1) is 16.8 Å². The van der Waals surface area contributed by atoms with E-state index in [0.717, 1.165) is 10.9 Å². The lowest BCUT2D eigenvalue weighted by Crippen LogP contribution is -2.36. The van der Waals surface area contributed by atoms with Gasteiger partial charge in [-0.15, -0.1) is 0 Å². The van der Waals surface area contributed by atoms with Crippen LogP contribution in [-0.2, 0) is 4.79 Å². The molecule has 1 amide bonds.